The minimum atomic E-state index is -0.358. The number of hydrogen-bond acceptors (Lipinski definition) is 4. The van der Waals surface area contributed by atoms with Crippen LogP contribution in [0.3, 0.4) is 0 Å². The molecule has 2 aromatic rings. The zero-order valence-electron chi connectivity index (χ0n) is 11.8. The monoisotopic (exact) mass is 290 g/mol. The van der Waals surface area contributed by atoms with Crippen LogP contribution < -0.4 is 16.8 Å². The van der Waals surface area contributed by atoms with E-state index in [2.05, 4.69) is 10.3 Å². The number of likely N-dealkylation sites (tertiary alicyclic amines) is 1. The fourth-order valence-corrected chi connectivity index (χ4v) is 2.79. The third-order valence-corrected chi connectivity index (χ3v) is 4.01. The molecule has 0 bridgehead atoms. The van der Waals surface area contributed by atoms with E-state index in [1.165, 1.54) is 12.1 Å². The number of aromatic nitrogens is 1. The Kier molecular flexibility index (Phi) is 3.21. The van der Waals surface area contributed by atoms with Gasteiger partial charge in [-0.15, -0.1) is 0 Å². The number of nitrogens with one attached hydrogen (secondary N) is 3. The molecule has 1 fully saturated rings. The quantitative estimate of drug-likeness (QED) is 0.431. The molecule has 0 saturated carbocycles. The van der Waals surface area contributed by atoms with E-state index in [4.69, 9.17) is 16.9 Å². The molecule has 0 atom stereocenters. The van der Waals surface area contributed by atoms with E-state index in [0.29, 0.717) is 46.3 Å². The number of amidine groups is 1. The number of anilines is 2. The summed E-state index contributed by atoms with van der Waals surface area (Å²) in [5.74, 6) is 0.758. The van der Waals surface area contributed by atoms with Gasteiger partial charge in [-0.1, -0.05) is 0 Å². The average Bonchev–Trinajstić information content (AvgIpc) is 2.72. The summed E-state index contributed by atoms with van der Waals surface area (Å²) in [6.45, 7) is 2.11. The van der Waals surface area contributed by atoms with Gasteiger partial charge in [0, 0.05) is 31.4 Å². The van der Waals surface area contributed by atoms with Crippen molar-refractivity contribution in [1.82, 2.24) is 9.88 Å². The third-order valence-electron chi connectivity index (χ3n) is 4.01. The van der Waals surface area contributed by atoms with Gasteiger partial charge in [0.05, 0.1) is 16.8 Å². The van der Waals surface area contributed by atoms with Gasteiger partial charge in [0.1, 0.15) is 17.5 Å². The number of benzene rings is 1. The Morgan fingerprint density at radius 3 is 2.86 bits per heavy atom. The van der Waals surface area contributed by atoms with Gasteiger partial charge in [0.2, 0.25) is 0 Å². The van der Waals surface area contributed by atoms with Crippen LogP contribution in [0.4, 0.5) is 15.9 Å². The summed E-state index contributed by atoms with van der Waals surface area (Å²) >= 11 is 0. The van der Waals surface area contributed by atoms with Crippen LogP contribution in [0.1, 0.15) is 5.56 Å². The second-order valence-corrected chi connectivity index (χ2v) is 5.39. The lowest BCUT2D eigenvalue weighted by Gasteiger charge is -2.40. The molecule has 21 heavy (non-hydrogen) atoms. The van der Waals surface area contributed by atoms with Gasteiger partial charge in [-0.3, -0.25) is 5.41 Å². The van der Waals surface area contributed by atoms with Crippen molar-refractivity contribution in [2.75, 3.05) is 37.7 Å². The zero-order valence-corrected chi connectivity index (χ0v) is 11.8. The molecule has 0 aliphatic carbocycles. The van der Waals surface area contributed by atoms with Crippen molar-refractivity contribution in [2.45, 2.75) is 0 Å². The highest BCUT2D eigenvalue weighted by molar-refractivity contribution is 6.14. The predicted octanol–water partition coefficient (Wildman–Crippen LogP) is 1.15. The summed E-state index contributed by atoms with van der Waals surface area (Å²) in [7, 11) is 1.72. The second-order valence-electron chi connectivity index (χ2n) is 5.39. The molecule has 1 aliphatic rings. The van der Waals surface area contributed by atoms with Crippen LogP contribution in [0.2, 0.25) is 0 Å². The molecule has 0 unspecified atom stereocenters. The summed E-state index contributed by atoms with van der Waals surface area (Å²) in [6.07, 6.45) is 0. The first-order chi connectivity index (χ1) is 10.0. The van der Waals surface area contributed by atoms with Gasteiger partial charge < -0.3 is 26.7 Å². The Bertz CT molecular complexity index is 701. The Morgan fingerprint density at radius 1 is 1.52 bits per heavy atom. The lowest BCUT2D eigenvalue weighted by molar-refractivity contribution is 0.194. The van der Waals surface area contributed by atoms with Crippen LogP contribution >= 0.6 is 0 Å². The van der Waals surface area contributed by atoms with E-state index in [9.17, 15) is 4.39 Å². The maximum absolute atomic E-state index is 13.8. The number of hydrogen-bond donors (Lipinski definition) is 5. The first-order valence-electron chi connectivity index (χ1n) is 6.87. The standard InChI is InChI=1S/C14H19FN6/c1-19-10-3-8(15)2-9-11(13(17)20-12(9)10)14(18)21-5-7(4-16)6-21/h2-3,7,18-20H,4-6,16-17H2,1H3. The number of nitrogen functional groups attached to an aromatic ring is 1. The van der Waals surface area contributed by atoms with Crippen molar-refractivity contribution < 1.29 is 4.39 Å². The van der Waals surface area contributed by atoms with Crippen LogP contribution in [0, 0.1) is 17.1 Å². The fraction of sp³-hybridized carbons (Fsp3) is 0.357. The van der Waals surface area contributed by atoms with Gasteiger partial charge >= 0.3 is 0 Å². The number of nitrogens with zero attached hydrogens (tertiary/aromatic N) is 1. The maximum atomic E-state index is 13.8. The number of nitrogens with two attached hydrogens (primary N) is 2. The van der Waals surface area contributed by atoms with Gasteiger partial charge in [-0.25, -0.2) is 4.39 Å². The zero-order chi connectivity index (χ0) is 15.1. The maximum Gasteiger partial charge on any atom is 0.132 e. The van der Waals surface area contributed by atoms with Crippen LogP contribution in [0.15, 0.2) is 12.1 Å². The highest BCUT2D eigenvalue weighted by Crippen LogP contribution is 2.32. The van der Waals surface area contributed by atoms with Crippen LogP contribution in [-0.2, 0) is 0 Å². The smallest absolute Gasteiger partial charge is 0.132 e. The fourth-order valence-electron chi connectivity index (χ4n) is 2.79. The van der Waals surface area contributed by atoms with E-state index in [1.54, 1.807) is 7.05 Å². The molecule has 1 aromatic heterocycles. The van der Waals surface area contributed by atoms with Gasteiger partial charge in [0.25, 0.3) is 0 Å². The Hall–Kier alpha value is -2.28. The van der Waals surface area contributed by atoms with E-state index in [0.717, 1.165) is 13.1 Å². The molecule has 0 radical (unpaired) electrons. The van der Waals surface area contributed by atoms with Gasteiger partial charge in [0.15, 0.2) is 0 Å². The first-order valence-corrected chi connectivity index (χ1v) is 6.87. The highest BCUT2D eigenvalue weighted by atomic mass is 19.1. The molecule has 6 nitrogen and oxygen atoms in total. The number of aromatic amines is 1. The van der Waals surface area contributed by atoms with E-state index >= 15 is 0 Å². The number of rotatable bonds is 3. The first kappa shape index (κ1) is 13.7. The normalized spacial score (nSPS) is 15.3. The van der Waals surface area contributed by atoms with Crippen molar-refractivity contribution in [3.63, 3.8) is 0 Å². The van der Waals surface area contributed by atoms with Gasteiger partial charge in [-0.05, 0) is 18.7 Å². The molecule has 2 heterocycles. The van der Waals surface area contributed by atoms with Gasteiger partial charge in [-0.2, -0.15) is 0 Å². The summed E-state index contributed by atoms with van der Waals surface area (Å²) in [5.41, 5.74) is 13.5. The molecular weight excluding hydrogens is 271 g/mol. The Balaban J connectivity index is 2.04. The number of fused-ring (bicyclic) bond motifs is 1. The molecule has 0 spiro atoms. The molecule has 1 aromatic carbocycles. The number of H-pyrrole nitrogens is 1. The van der Waals surface area contributed by atoms with Crippen molar-refractivity contribution in [2.24, 2.45) is 11.7 Å². The molecule has 112 valence electrons. The molecule has 1 aliphatic heterocycles. The van der Waals surface area contributed by atoms with Crippen LogP contribution in [0.5, 0.6) is 0 Å². The molecule has 0 amide bonds. The summed E-state index contributed by atoms with van der Waals surface area (Å²) in [4.78, 5) is 4.94. The molecular formula is C14H19FN6. The molecule has 7 heteroatoms. The average molecular weight is 290 g/mol. The van der Waals surface area contributed by atoms with Crippen molar-refractivity contribution in [1.29, 1.82) is 5.41 Å². The SMILES string of the molecule is CNc1cc(F)cc2c(C(=N)N3CC(CN)C3)c(N)[nH]c12. The van der Waals surface area contributed by atoms with Crippen molar-refractivity contribution in [3.8, 4) is 0 Å². The predicted molar refractivity (Wildman–Crippen MR) is 83.2 cm³/mol. The largest absolute Gasteiger partial charge is 0.386 e. The summed E-state index contributed by atoms with van der Waals surface area (Å²) in [6, 6.07) is 2.81. The van der Waals surface area contributed by atoms with Crippen molar-refractivity contribution in [3.05, 3.63) is 23.5 Å². The lowest BCUT2D eigenvalue weighted by Crippen LogP contribution is -2.52. The molecule has 1 saturated heterocycles. The molecule has 7 N–H and O–H groups in total. The minimum Gasteiger partial charge on any atom is -0.386 e. The minimum absolute atomic E-state index is 0.316. The summed E-state index contributed by atoms with van der Waals surface area (Å²) in [5, 5.41) is 11.9. The third kappa shape index (κ3) is 2.09. The molecule has 3 rings (SSSR count). The Morgan fingerprint density at radius 2 is 2.24 bits per heavy atom. The number of halogens is 1. The van der Waals surface area contributed by atoms with Crippen LogP contribution in [-0.4, -0.2) is 42.4 Å². The Labute approximate surface area is 121 Å². The summed E-state index contributed by atoms with van der Waals surface area (Å²) < 4.78 is 13.8. The topological polar surface area (TPSA) is 107 Å². The van der Waals surface area contributed by atoms with E-state index < -0.39 is 0 Å². The van der Waals surface area contributed by atoms with E-state index in [1.807, 2.05) is 4.90 Å². The van der Waals surface area contributed by atoms with Crippen molar-refractivity contribution >= 4 is 28.2 Å². The van der Waals surface area contributed by atoms with Crippen LogP contribution in [0.25, 0.3) is 10.9 Å². The highest BCUT2D eigenvalue weighted by Gasteiger charge is 2.30. The lowest BCUT2D eigenvalue weighted by atomic mass is 9.98. The van der Waals surface area contributed by atoms with E-state index in [-0.39, 0.29) is 5.82 Å². The second kappa shape index (κ2) is 4.92.